The van der Waals surface area contributed by atoms with Crippen molar-refractivity contribution in [1.82, 2.24) is 20.0 Å². The lowest BCUT2D eigenvalue weighted by Crippen LogP contribution is -2.32. The Morgan fingerprint density at radius 2 is 2.19 bits per heavy atom. The lowest BCUT2D eigenvalue weighted by Gasteiger charge is -2.25. The second-order valence-electron chi connectivity index (χ2n) is 5.63. The number of halogens is 1. The van der Waals surface area contributed by atoms with Crippen LogP contribution in [0.4, 0.5) is 0 Å². The van der Waals surface area contributed by atoms with Gasteiger partial charge in [0.15, 0.2) is 0 Å². The Kier molecular flexibility index (Phi) is 7.62. The summed E-state index contributed by atoms with van der Waals surface area (Å²) in [6, 6.07) is 0. The van der Waals surface area contributed by atoms with Gasteiger partial charge < -0.3 is 20.1 Å². The molecule has 6 nitrogen and oxygen atoms in total. The van der Waals surface area contributed by atoms with Crippen LogP contribution in [0.5, 0.6) is 0 Å². The summed E-state index contributed by atoms with van der Waals surface area (Å²) in [5, 5.41) is 18.7. The number of hydrogen-bond acceptors (Lipinski definition) is 5. The molecule has 122 valence electrons. The summed E-state index contributed by atoms with van der Waals surface area (Å²) < 4.78 is 6.76. The van der Waals surface area contributed by atoms with Gasteiger partial charge in [0.1, 0.15) is 5.60 Å². The number of methoxy groups -OCH3 is 1. The standard InChI is InChI=1S/C14H27ClN4O2/c1-14(20,5-6-16-7-10-21-4)13-12(15)11-17-19(13)9-8-18(2)3/h11,16,20H,5-10H2,1-4H3. The van der Waals surface area contributed by atoms with Gasteiger partial charge in [0, 0.05) is 20.2 Å². The van der Waals surface area contributed by atoms with E-state index in [1.54, 1.807) is 24.9 Å². The minimum absolute atomic E-state index is 0.510. The molecular formula is C14H27ClN4O2. The van der Waals surface area contributed by atoms with Gasteiger partial charge in [-0.3, -0.25) is 4.68 Å². The zero-order valence-electron chi connectivity index (χ0n) is 13.4. The SMILES string of the molecule is COCCNCCC(C)(O)c1c(Cl)cnn1CCN(C)C. The maximum Gasteiger partial charge on any atom is 0.106 e. The molecule has 0 aliphatic heterocycles. The fraction of sp³-hybridized carbons (Fsp3) is 0.786. The van der Waals surface area contributed by atoms with Gasteiger partial charge in [-0.05, 0) is 34.0 Å². The average Bonchev–Trinajstić information content (AvgIpc) is 2.78. The molecule has 7 heteroatoms. The van der Waals surface area contributed by atoms with E-state index in [0.29, 0.717) is 36.8 Å². The van der Waals surface area contributed by atoms with Crippen molar-refractivity contribution in [2.45, 2.75) is 25.5 Å². The fourth-order valence-corrected chi connectivity index (χ4v) is 2.46. The highest BCUT2D eigenvalue weighted by molar-refractivity contribution is 6.31. The number of nitrogens with one attached hydrogen (secondary N) is 1. The first-order valence-corrected chi connectivity index (χ1v) is 7.55. The predicted molar refractivity (Wildman–Crippen MR) is 84.7 cm³/mol. The first kappa shape index (κ1) is 18.4. The Balaban J connectivity index is 2.65. The first-order chi connectivity index (χ1) is 9.88. The minimum atomic E-state index is -1.01. The van der Waals surface area contributed by atoms with E-state index in [1.807, 2.05) is 14.1 Å². The van der Waals surface area contributed by atoms with E-state index in [-0.39, 0.29) is 0 Å². The smallest absolute Gasteiger partial charge is 0.106 e. The highest BCUT2D eigenvalue weighted by Gasteiger charge is 2.29. The third-order valence-corrected chi connectivity index (χ3v) is 3.61. The molecule has 0 saturated carbocycles. The van der Waals surface area contributed by atoms with Crippen molar-refractivity contribution < 1.29 is 9.84 Å². The fourth-order valence-electron chi connectivity index (χ4n) is 2.11. The van der Waals surface area contributed by atoms with E-state index in [4.69, 9.17) is 16.3 Å². The zero-order chi connectivity index (χ0) is 15.9. The lowest BCUT2D eigenvalue weighted by atomic mass is 9.98. The van der Waals surface area contributed by atoms with Crippen LogP contribution in [-0.2, 0) is 16.9 Å². The molecule has 0 spiro atoms. The maximum atomic E-state index is 10.7. The Bertz CT molecular complexity index is 421. The number of likely N-dealkylation sites (N-methyl/N-ethyl adjacent to an activating group) is 1. The first-order valence-electron chi connectivity index (χ1n) is 7.17. The largest absolute Gasteiger partial charge is 0.384 e. The lowest BCUT2D eigenvalue weighted by molar-refractivity contribution is 0.0378. The number of ether oxygens (including phenoxy) is 1. The van der Waals surface area contributed by atoms with Gasteiger partial charge in [-0.15, -0.1) is 0 Å². The van der Waals surface area contributed by atoms with E-state index in [1.165, 1.54) is 0 Å². The summed E-state index contributed by atoms with van der Waals surface area (Å²) >= 11 is 6.21. The molecule has 2 N–H and O–H groups in total. The zero-order valence-corrected chi connectivity index (χ0v) is 14.2. The van der Waals surface area contributed by atoms with E-state index < -0.39 is 5.60 Å². The molecule has 0 aliphatic rings. The summed E-state index contributed by atoms with van der Waals surface area (Å²) in [7, 11) is 5.67. The number of aromatic nitrogens is 2. The Morgan fingerprint density at radius 3 is 2.81 bits per heavy atom. The van der Waals surface area contributed by atoms with Crippen LogP contribution in [0.25, 0.3) is 0 Å². The Morgan fingerprint density at radius 1 is 1.48 bits per heavy atom. The van der Waals surface area contributed by atoms with Crippen molar-refractivity contribution in [3.63, 3.8) is 0 Å². The minimum Gasteiger partial charge on any atom is -0.384 e. The molecule has 1 aromatic rings. The normalized spacial score (nSPS) is 14.6. The highest BCUT2D eigenvalue weighted by atomic mass is 35.5. The maximum absolute atomic E-state index is 10.7. The molecule has 0 bridgehead atoms. The molecule has 1 unspecified atom stereocenters. The van der Waals surface area contributed by atoms with Crippen molar-refractivity contribution in [3.05, 3.63) is 16.9 Å². The molecule has 1 atom stereocenters. The second-order valence-corrected chi connectivity index (χ2v) is 6.04. The summed E-state index contributed by atoms with van der Waals surface area (Å²) in [6.07, 6.45) is 2.16. The number of hydrogen-bond donors (Lipinski definition) is 2. The van der Waals surface area contributed by atoms with Gasteiger partial charge in [-0.1, -0.05) is 11.6 Å². The quantitative estimate of drug-likeness (QED) is 0.629. The van der Waals surface area contributed by atoms with Gasteiger partial charge in [0.05, 0.1) is 30.1 Å². The molecule has 1 aromatic heterocycles. The molecule has 0 fully saturated rings. The monoisotopic (exact) mass is 318 g/mol. The Labute approximate surface area is 132 Å². The number of nitrogens with zero attached hydrogens (tertiary/aromatic N) is 3. The second kappa shape index (κ2) is 8.70. The van der Waals surface area contributed by atoms with Gasteiger partial charge in [-0.25, -0.2) is 0 Å². The van der Waals surface area contributed by atoms with Crippen LogP contribution >= 0.6 is 11.6 Å². The van der Waals surface area contributed by atoms with Crippen molar-refractivity contribution in [1.29, 1.82) is 0 Å². The topological polar surface area (TPSA) is 62.5 Å². The number of rotatable bonds is 10. The van der Waals surface area contributed by atoms with Crippen LogP contribution in [0.1, 0.15) is 19.0 Å². The summed E-state index contributed by atoms with van der Waals surface area (Å²) in [5.41, 5.74) is -0.334. The van der Waals surface area contributed by atoms with Crippen molar-refractivity contribution in [3.8, 4) is 0 Å². The van der Waals surface area contributed by atoms with E-state index in [0.717, 1.165) is 13.1 Å². The molecule has 0 aliphatic carbocycles. The summed E-state index contributed by atoms with van der Waals surface area (Å²) in [6.45, 7) is 5.42. The van der Waals surface area contributed by atoms with Crippen LogP contribution < -0.4 is 5.32 Å². The van der Waals surface area contributed by atoms with E-state index in [9.17, 15) is 5.11 Å². The molecular weight excluding hydrogens is 292 g/mol. The van der Waals surface area contributed by atoms with Gasteiger partial charge in [-0.2, -0.15) is 5.10 Å². The third kappa shape index (κ3) is 5.92. The van der Waals surface area contributed by atoms with Crippen LogP contribution in [0.2, 0.25) is 5.02 Å². The van der Waals surface area contributed by atoms with Gasteiger partial charge >= 0.3 is 0 Å². The molecule has 21 heavy (non-hydrogen) atoms. The predicted octanol–water partition coefficient (Wildman–Crippen LogP) is 0.932. The molecule has 0 saturated heterocycles. The third-order valence-electron chi connectivity index (χ3n) is 3.34. The van der Waals surface area contributed by atoms with E-state index in [2.05, 4.69) is 15.3 Å². The van der Waals surface area contributed by atoms with Crippen LogP contribution in [0, 0.1) is 0 Å². The van der Waals surface area contributed by atoms with Gasteiger partial charge in [0.25, 0.3) is 0 Å². The molecule has 0 radical (unpaired) electrons. The average molecular weight is 319 g/mol. The van der Waals surface area contributed by atoms with Crippen molar-refractivity contribution in [2.75, 3.05) is 47.4 Å². The summed E-state index contributed by atoms with van der Waals surface area (Å²) in [5.74, 6) is 0. The Hall–Kier alpha value is -0.660. The molecule has 0 aromatic carbocycles. The highest BCUT2D eigenvalue weighted by Crippen LogP contribution is 2.30. The van der Waals surface area contributed by atoms with Crippen molar-refractivity contribution in [2.24, 2.45) is 0 Å². The van der Waals surface area contributed by atoms with Crippen molar-refractivity contribution >= 4 is 11.6 Å². The summed E-state index contributed by atoms with van der Waals surface area (Å²) in [4.78, 5) is 2.07. The van der Waals surface area contributed by atoms with Crippen LogP contribution in [0.3, 0.4) is 0 Å². The van der Waals surface area contributed by atoms with Gasteiger partial charge in [0.2, 0.25) is 0 Å². The number of aliphatic hydroxyl groups is 1. The van der Waals surface area contributed by atoms with E-state index >= 15 is 0 Å². The molecule has 1 heterocycles. The van der Waals surface area contributed by atoms with Crippen LogP contribution in [0.15, 0.2) is 6.20 Å². The van der Waals surface area contributed by atoms with Crippen LogP contribution in [-0.4, -0.2) is 67.2 Å². The molecule has 1 rings (SSSR count). The molecule has 0 amide bonds.